The predicted molar refractivity (Wildman–Crippen MR) is 304 cm³/mol. The van der Waals surface area contributed by atoms with Crippen LogP contribution in [0.25, 0.3) is 11.1 Å². The third kappa shape index (κ3) is 17.6. The SMILES string of the molecule is COCCOCCOCCOCCOCCOCCN1c2cc(O)c(C(=C\Cc3ccccc3)/C=C/C=C/C=C3/N(CCCSO)c4ccc(SO)cc4C3(C)CCCC(=O)ON3C(=O)CCC3=O)cc2C(C)=CC1(C)C. The number of fused-ring (bicyclic) bond motifs is 2. The molecule has 6 rings (SSSR count). The van der Waals surface area contributed by atoms with Gasteiger partial charge in [0.2, 0.25) is 0 Å². The normalized spacial score (nSPS) is 17.9. The number of allylic oxidation sites excluding steroid dienone is 9. The van der Waals surface area contributed by atoms with Gasteiger partial charge in [0.05, 0.1) is 78.2 Å². The van der Waals surface area contributed by atoms with E-state index in [-0.39, 0.29) is 30.6 Å². The van der Waals surface area contributed by atoms with Crippen LogP contribution in [-0.2, 0) is 59.5 Å². The Labute approximate surface area is 463 Å². The van der Waals surface area contributed by atoms with Crippen LogP contribution in [-0.4, -0.2) is 141 Å². The van der Waals surface area contributed by atoms with E-state index in [1.54, 1.807) is 7.11 Å². The van der Waals surface area contributed by atoms with Crippen molar-refractivity contribution < 1.29 is 61.9 Å². The number of hydrogen-bond acceptors (Lipinski definition) is 17. The molecule has 3 aliphatic rings. The van der Waals surface area contributed by atoms with E-state index in [9.17, 15) is 28.6 Å². The first kappa shape index (κ1) is 61.0. The number of anilines is 2. The molecule has 18 heteroatoms. The van der Waals surface area contributed by atoms with Gasteiger partial charge in [-0.05, 0) is 118 Å². The number of amides is 2. The van der Waals surface area contributed by atoms with Crippen LogP contribution < -0.4 is 9.80 Å². The third-order valence-corrected chi connectivity index (χ3v) is 14.6. The number of nitrogens with zero attached hydrogens (tertiary/aromatic N) is 3. The molecule has 2 amide bonds. The standard InChI is InChI=1S/C59H77N3O13S2/c1-44-43-58(2,3)61(27-28-70-31-32-72-35-36-74-38-37-73-34-33-71-30-29-69-5)52-42-53(63)49(41-48(44)52)46(20-19-45-14-8-6-9-15-45)16-10-7-11-17-54-59(4,25-12-18-57(66)75-62-55(64)23-24-56(62)65)50-40-47(77-68)21-22-51(50)60(54)26-13-39-76-67/h6-11,14-17,20-22,40-43,63,67-68H,12-13,18-19,23-39H2,1-5H3/b11-7+,16-10+,46-20-,54-17+. The molecule has 0 saturated carbocycles. The molecule has 1 fully saturated rings. The van der Waals surface area contributed by atoms with E-state index < -0.39 is 23.2 Å². The second-order valence-corrected chi connectivity index (χ2v) is 20.9. The molecule has 418 valence electrons. The van der Waals surface area contributed by atoms with Gasteiger partial charge in [-0.15, -0.1) is 5.06 Å². The summed E-state index contributed by atoms with van der Waals surface area (Å²) in [6.45, 7) is 15.1. The molecule has 0 bridgehead atoms. The number of phenols is 1. The summed E-state index contributed by atoms with van der Waals surface area (Å²) in [5.74, 6) is -1.02. The number of rotatable bonds is 34. The fourth-order valence-electron chi connectivity index (χ4n) is 9.78. The Morgan fingerprint density at radius 2 is 1.40 bits per heavy atom. The van der Waals surface area contributed by atoms with Crippen molar-refractivity contribution in [2.75, 3.05) is 108 Å². The van der Waals surface area contributed by atoms with E-state index in [1.165, 1.54) is 0 Å². The van der Waals surface area contributed by atoms with E-state index in [1.807, 2.05) is 66.8 Å². The summed E-state index contributed by atoms with van der Waals surface area (Å²) in [6, 6.07) is 20.0. The zero-order chi connectivity index (χ0) is 55.0. The van der Waals surface area contributed by atoms with Crippen molar-refractivity contribution in [3.63, 3.8) is 0 Å². The molecule has 77 heavy (non-hydrogen) atoms. The highest BCUT2D eigenvalue weighted by Gasteiger charge is 2.43. The van der Waals surface area contributed by atoms with Crippen LogP contribution in [0.5, 0.6) is 5.75 Å². The minimum Gasteiger partial charge on any atom is -0.507 e. The smallest absolute Gasteiger partial charge is 0.333 e. The average molecular weight is 1100 g/mol. The fraction of sp³-hybridized carbons (Fsp3) is 0.475. The van der Waals surface area contributed by atoms with Crippen molar-refractivity contribution in [2.24, 2.45) is 0 Å². The molecule has 1 saturated heterocycles. The quantitative estimate of drug-likeness (QED) is 0.0222. The van der Waals surface area contributed by atoms with E-state index in [2.05, 4.69) is 73.9 Å². The molecule has 3 aliphatic heterocycles. The molecule has 0 aromatic heterocycles. The number of hydroxylamine groups is 2. The van der Waals surface area contributed by atoms with Gasteiger partial charge in [-0.3, -0.25) is 9.59 Å². The lowest BCUT2D eigenvalue weighted by Gasteiger charge is -2.43. The molecule has 3 N–H and O–H groups in total. The van der Waals surface area contributed by atoms with Crippen molar-refractivity contribution in [3.05, 3.63) is 131 Å². The zero-order valence-electron chi connectivity index (χ0n) is 45.2. The number of imide groups is 1. The highest BCUT2D eigenvalue weighted by molar-refractivity contribution is 7.94. The molecule has 3 aromatic rings. The fourth-order valence-corrected chi connectivity index (χ4v) is 10.3. The van der Waals surface area contributed by atoms with Gasteiger partial charge < -0.3 is 57.3 Å². The number of phenolic OH excluding ortho intramolecular Hbond substituents is 1. The highest BCUT2D eigenvalue weighted by Crippen LogP contribution is 2.52. The van der Waals surface area contributed by atoms with Gasteiger partial charge in [0.25, 0.3) is 11.8 Å². The van der Waals surface area contributed by atoms with Crippen LogP contribution in [0, 0.1) is 0 Å². The van der Waals surface area contributed by atoms with Gasteiger partial charge in [-0.2, -0.15) is 0 Å². The molecule has 1 unspecified atom stereocenters. The molecular weight excluding hydrogens is 1020 g/mol. The maximum atomic E-state index is 12.9. The van der Waals surface area contributed by atoms with E-state index >= 15 is 0 Å². The number of hydrogen-bond donors (Lipinski definition) is 3. The second kappa shape index (κ2) is 31.4. The number of methoxy groups -OCH3 is 1. The predicted octanol–water partition coefficient (Wildman–Crippen LogP) is 10.5. The Kier molecular flexibility index (Phi) is 24.8. The van der Waals surface area contributed by atoms with Crippen molar-refractivity contribution in [1.29, 1.82) is 0 Å². The number of carbonyl (C=O) groups is 3. The van der Waals surface area contributed by atoms with Crippen LogP contribution in [0.2, 0.25) is 0 Å². The number of aromatic hydroxyl groups is 1. The van der Waals surface area contributed by atoms with Crippen molar-refractivity contribution >= 4 is 64.4 Å². The monoisotopic (exact) mass is 1100 g/mol. The van der Waals surface area contributed by atoms with E-state index in [4.69, 9.17) is 33.3 Å². The summed E-state index contributed by atoms with van der Waals surface area (Å²) in [5.41, 5.74) is 7.67. The van der Waals surface area contributed by atoms with E-state index in [0.717, 1.165) is 57.0 Å². The Hall–Kier alpha value is -5.25. The van der Waals surface area contributed by atoms with Crippen molar-refractivity contribution in [1.82, 2.24) is 5.06 Å². The summed E-state index contributed by atoms with van der Waals surface area (Å²) in [5, 5.41) is 12.5. The van der Waals surface area contributed by atoms with Gasteiger partial charge in [0, 0.05) is 102 Å². The molecule has 0 aliphatic carbocycles. The van der Waals surface area contributed by atoms with Gasteiger partial charge in [0.15, 0.2) is 0 Å². The third-order valence-electron chi connectivity index (χ3n) is 13.6. The molecule has 3 aromatic carbocycles. The lowest BCUT2D eigenvalue weighted by Crippen LogP contribution is -2.46. The maximum Gasteiger partial charge on any atom is 0.333 e. The van der Waals surface area contributed by atoms with Crippen molar-refractivity contribution in [2.45, 2.75) is 88.5 Å². The van der Waals surface area contributed by atoms with Crippen LogP contribution in [0.3, 0.4) is 0 Å². The summed E-state index contributed by atoms with van der Waals surface area (Å²) < 4.78 is 53.0. The molecule has 3 heterocycles. The maximum absolute atomic E-state index is 12.9. The lowest BCUT2D eigenvalue weighted by molar-refractivity contribution is -0.197. The van der Waals surface area contributed by atoms with Crippen LogP contribution in [0.1, 0.15) is 88.5 Å². The summed E-state index contributed by atoms with van der Waals surface area (Å²) >= 11 is 1.46. The summed E-state index contributed by atoms with van der Waals surface area (Å²) in [7, 11) is 1.64. The number of carbonyl (C=O) groups excluding carboxylic acids is 3. The number of benzene rings is 3. The number of ether oxygens (including phenoxy) is 6. The van der Waals surface area contributed by atoms with Gasteiger partial charge >= 0.3 is 5.97 Å². The van der Waals surface area contributed by atoms with Crippen LogP contribution >= 0.6 is 24.1 Å². The topological polar surface area (TPSA) is 186 Å². The first-order valence-corrected chi connectivity index (χ1v) is 28.1. The van der Waals surface area contributed by atoms with Gasteiger partial charge in [0.1, 0.15) is 5.75 Å². The van der Waals surface area contributed by atoms with Crippen molar-refractivity contribution in [3.8, 4) is 5.75 Å². The van der Waals surface area contributed by atoms with Crippen LogP contribution in [0.15, 0.2) is 114 Å². The van der Waals surface area contributed by atoms with Gasteiger partial charge in [-0.1, -0.05) is 66.8 Å². The van der Waals surface area contributed by atoms with Gasteiger partial charge in [-0.25, -0.2) is 4.79 Å². The minimum absolute atomic E-state index is 0.0175. The largest absolute Gasteiger partial charge is 0.507 e. The molecule has 0 radical (unpaired) electrons. The first-order valence-electron chi connectivity index (χ1n) is 26.4. The second-order valence-electron chi connectivity index (χ2n) is 19.6. The summed E-state index contributed by atoms with van der Waals surface area (Å²) in [4.78, 5) is 47.6. The Bertz CT molecular complexity index is 2550. The van der Waals surface area contributed by atoms with E-state index in [0.29, 0.717) is 145 Å². The first-order chi connectivity index (χ1) is 37.3. The average Bonchev–Trinajstić information content (AvgIpc) is 4.08. The summed E-state index contributed by atoms with van der Waals surface area (Å²) in [6.07, 6.45) is 16.6. The molecule has 1 atom stereocenters. The lowest BCUT2D eigenvalue weighted by atomic mass is 9.77. The Morgan fingerprint density at radius 3 is 2.04 bits per heavy atom. The Morgan fingerprint density at radius 1 is 0.753 bits per heavy atom. The highest BCUT2D eigenvalue weighted by atomic mass is 32.2. The molecule has 16 nitrogen and oxygen atoms in total. The molecule has 0 spiro atoms. The van der Waals surface area contributed by atoms with Crippen LogP contribution in [0.4, 0.5) is 11.4 Å². The zero-order valence-corrected chi connectivity index (χ0v) is 46.9. The Balaban J connectivity index is 1.15. The minimum atomic E-state index is -0.660. The molecular formula is C59H77N3O13S2.